The predicted octanol–water partition coefficient (Wildman–Crippen LogP) is 4.29. The van der Waals surface area contributed by atoms with Crippen LogP contribution in [0, 0.1) is 27.7 Å². The fourth-order valence-electron chi connectivity index (χ4n) is 3.21. The van der Waals surface area contributed by atoms with Gasteiger partial charge in [-0.2, -0.15) is 4.68 Å². The molecule has 7 heteroatoms. The molecule has 2 aromatic heterocycles. The van der Waals surface area contributed by atoms with Gasteiger partial charge in [-0.25, -0.2) is 4.79 Å². The van der Waals surface area contributed by atoms with Gasteiger partial charge in [-0.15, -0.1) is 5.10 Å². The van der Waals surface area contributed by atoms with Crippen molar-refractivity contribution >= 4 is 22.7 Å². The average molecular weight is 392 g/mol. The maximum Gasteiger partial charge on any atom is 0.336 e. The van der Waals surface area contributed by atoms with E-state index in [0.717, 1.165) is 33.3 Å². The number of nitrogens with zero attached hydrogens (tertiary/aromatic N) is 4. The number of aryl methyl sites for hydroxylation is 4. The van der Waals surface area contributed by atoms with E-state index in [4.69, 9.17) is 4.42 Å². The Balaban J connectivity index is 1.69. The topological polar surface area (TPSA) is 73.8 Å². The van der Waals surface area contributed by atoms with E-state index in [1.54, 1.807) is 10.7 Å². The Labute approximate surface area is 166 Å². The molecule has 2 aromatic carbocycles. The second kappa shape index (κ2) is 7.24. The molecular weight excluding hydrogens is 372 g/mol. The quantitative estimate of drug-likeness (QED) is 0.381. The molecule has 0 radical (unpaired) electrons. The van der Waals surface area contributed by atoms with Crippen molar-refractivity contribution in [1.82, 2.24) is 20.2 Å². The zero-order valence-electron chi connectivity index (χ0n) is 16.2. The summed E-state index contributed by atoms with van der Waals surface area (Å²) in [6.07, 6.45) is 0. The smallest absolute Gasteiger partial charge is 0.336 e. The molecule has 28 heavy (non-hydrogen) atoms. The third-order valence-electron chi connectivity index (χ3n) is 4.82. The van der Waals surface area contributed by atoms with E-state index in [9.17, 15) is 4.79 Å². The minimum absolute atomic E-state index is 0.347. The van der Waals surface area contributed by atoms with E-state index in [1.165, 1.54) is 17.3 Å². The van der Waals surface area contributed by atoms with Crippen molar-refractivity contribution in [2.75, 3.05) is 0 Å². The second-order valence-corrected chi connectivity index (χ2v) is 7.92. The lowest BCUT2D eigenvalue weighted by atomic mass is 10.0. The lowest BCUT2D eigenvalue weighted by molar-refractivity contribution is 0.559. The van der Waals surface area contributed by atoms with Gasteiger partial charge in [0.25, 0.3) is 0 Å². The molecule has 0 aliphatic carbocycles. The molecule has 2 heterocycles. The van der Waals surface area contributed by atoms with Gasteiger partial charge in [0.05, 0.1) is 5.69 Å². The van der Waals surface area contributed by atoms with Gasteiger partial charge in [-0.1, -0.05) is 29.5 Å². The summed E-state index contributed by atoms with van der Waals surface area (Å²) in [4.78, 5) is 12.0. The molecule has 0 bridgehead atoms. The van der Waals surface area contributed by atoms with Crippen LogP contribution >= 0.6 is 11.8 Å². The highest BCUT2D eigenvalue weighted by Crippen LogP contribution is 2.28. The largest absolute Gasteiger partial charge is 0.423 e. The summed E-state index contributed by atoms with van der Waals surface area (Å²) in [5.41, 5.74) is 6.67. The van der Waals surface area contributed by atoms with Crippen molar-refractivity contribution in [2.24, 2.45) is 0 Å². The van der Waals surface area contributed by atoms with Crippen molar-refractivity contribution in [1.29, 1.82) is 0 Å². The maximum absolute atomic E-state index is 12.0. The van der Waals surface area contributed by atoms with Crippen LogP contribution in [0.25, 0.3) is 16.7 Å². The molecule has 142 valence electrons. The molecule has 0 N–H and O–H groups in total. The van der Waals surface area contributed by atoms with Crippen LogP contribution in [0.3, 0.4) is 0 Å². The first-order valence-corrected chi connectivity index (χ1v) is 9.94. The van der Waals surface area contributed by atoms with Crippen LogP contribution < -0.4 is 5.63 Å². The number of benzene rings is 2. The third-order valence-corrected chi connectivity index (χ3v) is 5.79. The Kier molecular flexibility index (Phi) is 4.77. The van der Waals surface area contributed by atoms with Gasteiger partial charge in [-0.05, 0) is 78.6 Å². The van der Waals surface area contributed by atoms with Crippen molar-refractivity contribution in [3.8, 4) is 5.69 Å². The molecule has 0 fully saturated rings. The van der Waals surface area contributed by atoms with E-state index < -0.39 is 0 Å². The number of tetrazole rings is 1. The number of fused-ring (bicyclic) bond motifs is 1. The van der Waals surface area contributed by atoms with Gasteiger partial charge < -0.3 is 4.42 Å². The van der Waals surface area contributed by atoms with Crippen LogP contribution in [0.4, 0.5) is 0 Å². The number of hydrogen-bond donors (Lipinski definition) is 0. The molecule has 0 spiro atoms. The normalized spacial score (nSPS) is 11.3. The van der Waals surface area contributed by atoms with Gasteiger partial charge in [0.1, 0.15) is 5.58 Å². The van der Waals surface area contributed by atoms with Crippen LogP contribution in [0.1, 0.15) is 27.8 Å². The molecule has 0 aliphatic rings. The van der Waals surface area contributed by atoms with Gasteiger partial charge in [0, 0.05) is 17.2 Å². The first-order valence-electron chi connectivity index (χ1n) is 8.95. The molecule has 4 rings (SSSR count). The summed E-state index contributed by atoms with van der Waals surface area (Å²) >= 11 is 1.49. The summed E-state index contributed by atoms with van der Waals surface area (Å²) in [7, 11) is 0. The highest BCUT2D eigenvalue weighted by molar-refractivity contribution is 7.98. The fraction of sp³-hybridized carbons (Fsp3) is 0.238. The van der Waals surface area contributed by atoms with Gasteiger partial charge in [0.15, 0.2) is 0 Å². The van der Waals surface area contributed by atoms with Crippen LogP contribution in [0.2, 0.25) is 0 Å². The number of rotatable bonds is 4. The van der Waals surface area contributed by atoms with Crippen LogP contribution in [-0.4, -0.2) is 20.2 Å². The first kappa shape index (κ1) is 18.4. The highest BCUT2D eigenvalue weighted by atomic mass is 32.2. The standard InChI is InChI=1S/C21H20N4O2S/c1-12-5-6-18(15(4)7-12)25-21(22-23-24-25)28-11-16-10-20(26)27-19-9-14(3)13(2)8-17(16)19/h5-10H,11H2,1-4H3. The lowest BCUT2D eigenvalue weighted by Crippen LogP contribution is -2.03. The van der Waals surface area contributed by atoms with Crippen LogP contribution in [0.15, 0.2) is 50.8 Å². The summed E-state index contributed by atoms with van der Waals surface area (Å²) in [5.74, 6) is 0.565. The van der Waals surface area contributed by atoms with E-state index >= 15 is 0 Å². The van der Waals surface area contributed by atoms with Gasteiger partial charge in [0.2, 0.25) is 5.16 Å². The number of thioether (sulfide) groups is 1. The minimum Gasteiger partial charge on any atom is -0.423 e. The summed E-state index contributed by atoms with van der Waals surface area (Å²) < 4.78 is 7.12. The zero-order chi connectivity index (χ0) is 19.8. The molecule has 0 saturated carbocycles. The van der Waals surface area contributed by atoms with Gasteiger partial charge >= 0.3 is 5.63 Å². The second-order valence-electron chi connectivity index (χ2n) is 6.98. The van der Waals surface area contributed by atoms with E-state index in [0.29, 0.717) is 16.5 Å². The Morgan fingerprint density at radius 3 is 2.57 bits per heavy atom. The predicted molar refractivity (Wildman–Crippen MR) is 110 cm³/mol. The van der Waals surface area contributed by atoms with Crippen molar-refractivity contribution in [2.45, 2.75) is 38.6 Å². The SMILES string of the molecule is Cc1ccc(-n2nnnc2SCc2cc(=O)oc3cc(C)c(C)cc23)c(C)c1. The van der Waals surface area contributed by atoms with E-state index in [2.05, 4.69) is 41.5 Å². The monoisotopic (exact) mass is 392 g/mol. The zero-order valence-corrected chi connectivity index (χ0v) is 17.0. The van der Waals surface area contributed by atoms with Crippen molar-refractivity contribution < 1.29 is 4.42 Å². The Bertz CT molecular complexity index is 1240. The van der Waals surface area contributed by atoms with Gasteiger partial charge in [-0.3, -0.25) is 0 Å². The third kappa shape index (κ3) is 3.45. The van der Waals surface area contributed by atoms with Crippen molar-refractivity contribution in [3.05, 3.63) is 74.6 Å². The maximum atomic E-state index is 12.0. The molecule has 4 aromatic rings. The summed E-state index contributed by atoms with van der Waals surface area (Å²) in [5, 5.41) is 13.8. The number of hydrogen-bond acceptors (Lipinski definition) is 6. The first-order chi connectivity index (χ1) is 13.4. The average Bonchev–Trinajstić information content (AvgIpc) is 3.09. The fourth-order valence-corrected chi connectivity index (χ4v) is 4.08. The van der Waals surface area contributed by atoms with E-state index in [1.807, 2.05) is 32.0 Å². The number of aromatic nitrogens is 4. The van der Waals surface area contributed by atoms with Crippen LogP contribution in [-0.2, 0) is 5.75 Å². The van der Waals surface area contributed by atoms with E-state index in [-0.39, 0.29) is 5.63 Å². The molecule has 6 nitrogen and oxygen atoms in total. The molecule has 0 aliphatic heterocycles. The highest BCUT2D eigenvalue weighted by Gasteiger charge is 2.14. The molecular formula is C21H20N4O2S. The summed E-state index contributed by atoms with van der Waals surface area (Å²) in [6, 6.07) is 11.7. The van der Waals surface area contributed by atoms with Crippen LogP contribution in [0.5, 0.6) is 0 Å². The Morgan fingerprint density at radius 2 is 1.79 bits per heavy atom. The lowest BCUT2D eigenvalue weighted by Gasteiger charge is -2.10. The molecule has 0 saturated heterocycles. The Hall–Kier alpha value is -2.93. The Morgan fingerprint density at radius 1 is 1.00 bits per heavy atom. The molecule has 0 unspecified atom stereocenters. The summed E-state index contributed by atoms with van der Waals surface area (Å²) in [6.45, 7) is 8.16. The van der Waals surface area contributed by atoms with Crippen molar-refractivity contribution in [3.63, 3.8) is 0 Å². The minimum atomic E-state index is -0.347. The molecule has 0 amide bonds. The molecule has 0 atom stereocenters.